The van der Waals surface area contributed by atoms with Crippen molar-refractivity contribution in [1.82, 2.24) is 9.78 Å². The molecule has 0 amide bonds. The van der Waals surface area contributed by atoms with E-state index in [1.165, 1.54) is 0 Å². The van der Waals surface area contributed by atoms with Crippen LogP contribution in [-0.2, 0) is 11.3 Å². The van der Waals surface area contributed by atoms with Crippen LogP contribution >= 0.6 is 0 Å². The second kappa shape index (κ2) is 4.35. The van der Waals surface area contributed by atoms with Gasteiger partial charge in [0.25, 0.3) is 0 Å². The molecule has 1 saturated heterocycles. The van der Waals surface area contributed by atoms with Crippen LogP contribution in [0.3, 0.4) is 0 Å². The largest absolute Gasteiger partial charge is 0.381 e. The van der Waals surface area contributed by atoms with Gasteiger partial charge in [0.15, 0.2) is 0 Å². The van der Waals surface area contributed by atoms with Gasteiger partial charge in [0, 0.05) is 26.0 Å². The monoisotopic (exact) mass is 223 g/mol. The van der Waals surface area contributed by atoms with Gasteiger partial charge in [0.1, 0.15) is 5.69 Å². The highest BCUT2D eigenvalue weighted by Gasteiger charge is 2.37. The molecule has 2 N–H and O–H groups in total. The van der Waals surface area contributed by atoms with Crippen LogP contribution in [0, 0.1) is 0 Å². The first-order chi connectivity index (χ1) is 7.67. The number of nitrogens with zero attached hydrogens (tertiary/aromatic N) is 2. The van der Waals surface area contributed by atoms with Crippen LogP contribution in [-0.4, -0.2) is 34.3 Å². The van der Waals surface area contributed by atoms with Crippen molar-refractivity contribution in [3.05, 3.63) is 18.0 Å². The zero-order valence-electron chi connectivity index (χ0n) is 9.48. The highest BCUT2D eigenvalue weighted by molar-refractivity contribution is 6.01. The van der Waals surface area contributed by atoms with Crippen molar-refractivity contribution in [2.45, 2.75) is 31.8 Å². The van der Waals surface area contributed by atoms with E-state index in [0.29, 0.717) is 38.3 Å². The van der Waals surface area contributed by atoms with Crippen LogP contribution in [0.5, 0.6) is 0 Å². The summed E-state index contributed by atoms with van der Waals surface area (Å²) in [4.78, 5) is 12.3. The minimum absolute atomic E-state index is 0.0184. The van der Waals surface area contributed by atoms with E-state index >= 15 is 0 Å². The van der Waals surface area contributed by atoms with Crippen LogP contribution in [0.1, 0.15) is 30.3 Å². The molecule has 1 aliphatic heterocycles. The van der Waals surface area contributed by atoms with Gasteiger partial charge in [0.2, 0.25) is 5.78 Å². The fourth-order valence-electron chi connectivity index (χ4n) is 2.00. The second-order valence-corrected chi connectivity index (χ2v) is 4.13. The standard InChI is InChI=1S/C11H17N3O2/c1-2-14-9(3-6-13-14)10(15)11(12)4-7-16-8-5-11/h3,6H,2,4-5,7-8,12H2,1H3. The summed E-state index contributed by atoms with van der Waals surface area (Å²) < 4.78 is 6.92. The zero-order valence-corrected chi connectivity index (χ0v) is 9.48. The predicted molar refractivity (Wildman–Crippen MR) is 59.2 cm³/mol. The molecule has 0 spiro atoms. The maximum Gasteiger partial charge on any atom is 0.200 e. The Labute approximate surface area is 94.6 Å². The Hall–Kier alpha value is -1.20. The highest BCUT2D eigenvalue weighted by atomic mass is 16.5. The fraction of sp³-hybridized carbons (Fsp3) is 0.636. The molecule has 0 aliphatic carbocycles. The molecule has 0 unspecified atom stereocenters. The van der Waals surface area contributed by atoms with Crippen molar-refractivity contribution in [2.75, 3.05) is 13.2 Å². The van der Waals surface area contributed by atoms with Gasteiger partial charge in [-0.3, -0.25) is 9.48 Å². The molecule has 0 radical (unpaired) electrons. The molecule has 5 nitrogen and oxygen atoms in total. The Morgan fingerprint density at radius 3 is 2.94 bits per heavy atom. The Balaban J connectivity index is 2.24. The summed E-state index contributed by atoms with van der Waals surface area (Å²) in [6, 6.07) is 1.73. The number of nitrogens with two attached hydrogens (primary N) is 1. The van der Waals surface area contributed by atoms with Crippen LogP contribution < -0.4 is 5.73 Å². The van der Waals surface area contributed by atoms with Crippen LogP contribution in [0.4, 0.5) is 0 Å². The molecular formula is C11H17N3O2. The quantitative estimate of drug-likeness (QED) is 0.761. The highest BCUT2D eigenvalue weighted by Crippen LogP contribution is 2.22. The lowest BCUT2D eigenvalue weighted by Crippen LogP contribution is -2.52. The smallest absolute Gasteiger partial charge is 0.200 e. The Kier molecular flexibility index (Phi) is 3.07. The summed E-state index contributed by atoms with van der Waals surface area (Å²) in [6.07, 6.45) is 2.81. The number of ether oxygens (including phenoxy) is 1. The lowest BCUT2D eigenvalue weighted by Gasteiger charge is -2.31. The molecule has 16 heavy (non-hydrogen) atoms. The summed E-state index contributed by atoms with van der Waals surface area (Å²) in [6.45, 7) is 3.75. The summed E-state index contributed by atoms with van der Waals surface area (Å²) >= 11 is 0. The first kappa shape index (κ1) is 11.3. The number of aromatic nitrogens is 2. The molecule has 0 saturated carbocycles. The molecule has 1 fully saturated rings. The maximum absolute atomic E-state index is 12.3. The van der Waals surface area contributed by atoms with Gasteiger partial charge in [-0.2, -0.15) is 5.10 Å². The summed E-state index contributed by atoms with van der Waals surface area (Å²) in [5.74, 6) is -0.0184. The normalized spacial score (nSPS) is 19.6. The van der Waals surface area contributed by atoms with Crippen molar-refractivity contribution < 1.29 is 9.53 Å². The summed E-state index contributed by atoms with van der Waals surface area (Å²) in [5.41, 5.74) is 5.98. The molecule has 0 atom stereocenters. The Morgan fingerprint density at radius 1 is 1.62 bits per heavy atom. The maximum atomic E-state index is 12.3. The third-order valence-corrected chi connectivity index (χ3v) is 3.09. The lowest BCUT2D eigenvalue weighted by molar-refractivity contribution is 0.0441. The van der Waals surface area contributed by atoms with Gasteiger partial charge in [-0.15, -0.1) is 0 Å². The van der Waals surface area contributed by atoms with E-state index in [4.69, 9.17) is 10.5 Å². The molecular weight excluding hydrogens is 206 g/mol. The Bertz CT molecular complexity index is 380. The molecule has 2 rings (SSSR count). The second-order valence-electron chi connectivity index (χ2n) is 4.13. The predicted octanol–water partition coefficient (Wildman–Crippen LogP) is 0.594. The number of Topliss-reactive ketones (excluding diaryl/α,β-unsaturated/α-hetero) is 1. The minimum atomic E-state index is -0.773. The molecule has 1 aromatic rings. The molecule has 2 heterocycles. The van der Waals surface area contributed by atoms with Crippen molar-refractivity contribution in [3.8, 4) is 0 Å². The van der Waals surface area contributed by atoms with Crippen molar-refractivity contribution in [1.29, 1.82) is 0 Å². The fourth-order valence-corrected chi connectivity index (χ4v) is 2.00. The average Bonchev–Trinajstić information content (AvgIpc) is 2.77. The van der Waals surface area contributed by atoms with Crippen molar-refractivity contribution in [2.24, 2.45) is 5.73 Å². The first-order valence-electron chi connectivity index (χ1n) is 5.60. The van der Waals surface area contributed by atoms with Gasteiger partial charge < -0.3 is 10.5 Å². The van der Waals surface area contributed by atoms with E-state index in [9.17, 15) is 4.79 Å². The van der Waals surface area contributed by atoms with Gasteiger partial charge in [-0.05, 0) is 25.8 Å². The van der Waals surface area contributed by atoms with E-state index in [1.807, 2.05) is 6.92 Å². The van der Waals surface area contributed by atoms with Gasteiger partial charge >= 0.3 is 0 Å². The number of rotatable bonds is 3. The van der Waals surface area contributed by atoms with E-state index < -0.39 is 5.54 Å². The lowest BCUT2D eigenvalue weighted by atomic mass is 9.85. The number of aryl methyl sites for hydroxylation is 1. The van der Waals surface area contributed by atoms with Gasteiger partial charge in [-0.1, -0.05) is 0 Å². The molecule has 88 valence electrons. The number of hydrogen-bond acceptors (Lipinski definition) is 4. The molecule has 1 aliphatic rings. The number of hydrogen-bond donors (Lipinski definition) is 1. The third kappa shape index (κ3) is 1.88. The minimum Gasteiger partial charge on any atom is -0.381 e. The number of ketones is 1. The van der Waals surface area contributed by atoms with Crippen molar-refractivity contribution in [3.63, 3.8) is 0 Å². The van der Waals surface area contributed by atoms with Gasteiger partial charge in [-0.25, -0.2) is 0 Å². The summed E-state index contributed by atoms with van der Waals surface area (Å²) in [5, 5.41) is 4.09. The Morgan fingerprint density at radius 2 is 2.31 bits per heavy atom. The zero-order chi connectivity index (χ0) is 11.6. The van der Waals surface area contributed by atoms with E-state index in [-0.39, 0.29) is 5.78 Å². The molecule has 0 aromatic carbocycles. The van der Waals surface area contributed by atoms with Crippen LogP contribution in [0.2, 0.25) is 0 Å². The molecule has 5 heteroatoms. The van der Waals surface area contributed by atoms with Crippen molar-refractivity contribution >= 4 is 5.78 Å². The SMILES string of the molecule is CCn1nccc1C(=O)C1(N)CCOCC1. The first-order valence-corrected chi connectivity index (χ1v) is 5.60. The number of carbonyl (C=O) groups excluding carboxylic acids is 1. The van der Waals surface area contributed by atoms with Crippen LogP contribution in [0.25, 0.3) is 0 Å². The number of carbonyl (C=O) groups is 1. The molecule has 1 aromatic heterocycles. The third-order valence-electron chi connectivity index (χ3n) is 3.09. The van der Waals surface area contributed by atoms with E-state index in [0.717, 1.165) is 0 Å². The van der Waals surface area contributed by atoms with Crippen LogP contribution in [0.15, 0.2) is 12.3 Å². The van der Waals surface area contributed by atoms with E-state index in [1.54, 1.807) is 16.9 Å². The van der Waals surface area contributed by atoms with E-state index in [2.05, 4.69) is 5.10 Å². The van der Waals surface area contributed by atoms with Gasteiger partial charge in [0.05, 0.1) is 5.54 Å². The average molecular weight is 223 g/mol. The topological polar surface area (TPSA) is 70.1 Å². The summed E-state index contributed by atoms with van der Waals surface area (Å²) in [7, 11) is 0. The molecule has 0 bridgehead atoms.